The van der Waals surface area contributed by atoms with Gasteiger partial charge in [-0.05, 0) is 123 Å². The first-order valence-corrected chi connectivity index (χ1v) is 21.7. The van der Waals surface area contributed by atoms with Gasteiger partial charge in [-0.2, -0.15) is 0 Å². The zero-order valence-electron chi connectivity index (χ0n) is 36.1. The van der Waals surface area contributed by atoms with Crippen molar-refractivity contribution >= 4 is 34.3 Å². The highest BCUT2D eigenvalue weighted by atomic mass is 19.0. The van der Waals surface area contributed by atoms with Gasteiger partial charge in [0.05, 0.1) is 17.3 Å². The minimum atomic E-state index is -0.944. The van der Waals surface area contributed by atoms with Crippen LogP contribution in [-0.2, 0) is 24.2 Å². The molecule has 1 saturated carbocycles. The Bertz CT molecular complexity index is 2480. The molecule has 64 heavy (non-hydrogen) atoms. The van der Waals surface area contributed by atoms with Gasteiger partial charge in [-0.3, -0.25) is 23.9 Å². The van der Waals surface area contributed by atoms with E-state index in [1.165, 1.54) is 17.7 Å². The van der Waals surface area contributed by atoms with Gasteiger partial charge in [-0.1, -0.05) is 91.0 Å². The Morgan fingerprint density at radius 2 is 1.42 bits per heavy atom. The maximum absolute atomic E-state index is 13.1. The Kier molecular flexibility index (Phi) is 17.7. The van der Waals surface area contributed by atoms with Crippen molar-refractivity contribution in [3.8, 4) is 16.9 Å². The number of aliphatic hydroxyl groups is 1. The summed E-state index contributed by atoms with van der Waals surface area (Å²) in [5.74, 6) is -0.157. The number of fused-ring (bicyclic) bond motifs is 1. The van der Waals surface area contributed by atoms with Crippen molar-refractivity contribution in [2.75, 3.05) is 30.4 Å². The molecule has 2 amide bonds. The summed E-state index contributed by atoms with van der Waals surface area (Å²) < 4.78 is 0. The molecule has 0 bridgehead atoms. The summed E-state index contributed by atoms with van der Waals surface area (Å²) in [6.07, 6.45) is 5.33. The van der Waals surface area contributed by atoms with Crippen LogP contribution < -0.4 is 21.1 Å². The van der Waals surface area contributed by atoms with Crippen molar-refractivity contribution in [1.29, 1.82) is 0 Å². The van der Waals surface area contributed by atoms with Crippen molar-refractivity contribution in [3.63, 3.8) is 0 Å². The molecule has 0 aliphatic heterocycles. The SMILES string of the molecule is CN(CCCc1ccccc1)[C@H]1CC[C@H](N(C(=O)O)c2cc(CCCC(=O)Nc3ccc(CNC[C@H](O)c4ccc(O)c5[nH]c(=O)ccc45)cc3)ccc2-c2ccccc2)CC1.F.F. The molecule has 5 aromatic carbocycles. The zero-order valence-corrected chi connectivity index (χ0v) is 36.1. The second kappa shape index (κ2) is 23.3. The Labute approximate surface area is 372 Å². The van der Waals surface area contributed by atoms with Crippen LogP contribution in [0, 0.1) is 0 Å². The van der Waals surface area contributed by atoms with E-state index in [-0.39, 0.29) is 39.2 Å². The van der Waals surface area contributed by atoms with Gasteiger partial charge in [0.1, 0.15) is 5.75 Å². The van der Waals surface area contributed by atoms with Crippen molar-refractivity contribution in [3.05, 3.63) is 160 Å². The summed E-state index contributed by atoms with van der Waals surface area (Å²) in [5.41, 5.74) is 7.09. The number of hydrogen-bond acceptors (Lipinski definition) is 7. The number of aliphatic hydroxyl groups excluding tert-OH is 1. The molecule has 11 nitrogen and oxygen atoms in total. The minimum Gasteiger partial charge on any atom is -0.506 e. The van der Waals surface area contributed by atoms with E-state index >= 15 is 0 Å². The van der Waals surface area contributed by atoms with Gasteiger partial charge < -0.3 is 35.8 Å². The number of carboxylic acid groups (broad SMARTS) is 1. The molecule has 6 N–H and O–H groups in total. The Balaban J connectivity index is 0.00000385. The summed E-state index contributed by atoms with van der Waals surface area (Å²) in [4.78, 5) is 44.6. The fraction of sp³-hybridized carbons (Fsp3) is 0.314. The molecule has 0 radical (unpaired) electrons. The number of halogens is 2. The number of aromatic hydroxyl groups is 1. The molecule has 1 heterocycles. The number of amides is 2. The number of aromatic nitrogens is 1. The van der Waals surface area contributed by atoms with E-state index in [1.54, 1.807) is 17.0 Å². The molecule has 338 valence electrons. The van der Waals surface area contributed by atoms with Crippen LogP contribution in [0.25, 0.3) is 22.0 Å². The number of carbonyl (C=O) groups is 2. The van der Waals surface area contributed by atoms with Crippen LogP contribution in [0.4, 0.5) is 25.6 Å². The van der Waals surface area contributed by atoms with Gasteiger partial charge in [0.25, 0.3) is 0 Å². The second-order valence-electron chi connectivity index (χ2n) is 16.4. The fourth-order valence-corrected chi connectivity index (χ4v) is 8.76. The van der Waals surface area contributed by atoms with Crippen LogP contribution in [-0.4, -0.2) is 69.4 Å². The number of rotatable bonds is 18. The maximum Gasteiger partial charge on any atom is 0.412 e. The van der Waals surface area contributed by atoms with Crippen molar-refractivity contribution < 1.29 is 34.3 Å². The number of aromatic amines is 1. The number of nitrogens with one attached hydrogen (secondary N) is 3. The summed E-state index contributed by atoms with van der Waals surface area (Å²) in [6.45, 7) is 1.74. The molecule has 1 aliphatic rings. The van der Waals surface area contributed by atoms with E-state index in [0.29, 0.717) is 59.7 Å². The van der Waals surface area contributed by atoms with Crippen LogP contribution in [0.2, 0.25) is 0 Å². The molecule has 13 heteroatoms. The lowest BCUT2D eigenvalue weighted by atomic mass is 9.88. The van der Waals surface area contributed by atoms with Gasteiger partial charge in [0, 0.05) is 54.3 Å². The molecule has 0 spiro atoms. The third kappa shape index (κ3) is 12.6. The number of nitrogens with zero attached hydrogens (tertiary/aromatic N) is 2. The van der Waals surface area contributed by atoms with E-state index in [2.05, 4.69) is 51.8 Å². The number of aryl methyl sites for hydroxylation is 2. The Morgan fingerprint density at radius 1 is 0.766 bits per heavy atom. The van der Waals surface area contributed by atoms with E-state index in [0.717, 1.165) is 67.3 Å². The quantitative estimate of drug-likeness (QED) is 0.0499. The molecular weight excluding hydrogens is 817 g/mol. The van der Waals surface area contributed by atoms with E-state index < -0.39 is 12.2 Å². The van der Waals surface area contributed by atoms with E-state index in [9.17, 15) is 29.7 Å². The number of carbonyl (C=O) groups excluding carboxylic acids is 1. The number of phenolic OH excluding ortho intramolecular Hbond substituents is 1. The van der Waals surface area contributed by atoms with Gasteiger partial charge in [-0.25, -0.2) is 4.79 Å². The lowest BCUT2D eigenvalue weighted by molar-refractivity contribution is -0.116. The Hall–Kier alpha value is -6.41. The highest BCUT2D eigenvalue weighted by molar-refractivity contribution is 5.94. The van der Waals surface area contributed by atoms with E-state index in [4.69, 9.17) is 0 Å². The first-order valence-electron chi connectivity index (χ1n) is 21.7. The molecule has 6 aromatic rings. The van der Waals surface area contributed by atoms with Crippen LogP contribution in [0.1, 0.15) is 73.3 Å². The smallest absolute Gasteiger partial charge is 0.412 e. The molecule has 0 saturated heterocycles. The number of pyridine rings is 1. The largest absolute Gasteiger partial charge is 0.506 e. The molecule has 0 unspecified atom stereocenters. The van der Waals surface area contributed by atoms with Crippen LogP contribution in [0.5, 0.6) is 5.75 Å². The second-order valence-corrected chi connectivity index (χ2v) is 16.4. The lowest BCUT2D eigenvalue weighted by Crippen LogP contribution is -2.45. The lowest BCUT2D eigenvalue weighted by Gasteiger charge is -2.39. The van der Waals surface area contributed by atoms with Gasteiger partial charge in [0.2, 0.25) is 11.5 Å². The van der Waals surface area contributed by atoms with E-state index in [1.807, 2.05) is 78.9 Å². The van der Waals surface area contributed by atoms with Crippen molar-refractivity contribution in [1.82, 2.24) is 15.2 Å². The monoisotopic (exact) mass is 875 g/mol. The average Bonchev–Trinajstić information content (AvgIpc) is 3.28. The van der Waals surface area contributed by atoms with Gasteiger partial charge in [-0.15, -0.1) is 0 Å². The molecular formula is C51H59F2N5O6. The highest BCUT2D eigenvalue weighted by Crippen LogP contribution is 2.37. The number of anilines is 2. The molecule has 1 aliphatic carbocycles. The fourth-order valence-electron chi connectivity index (χ4n) is 8.76. The average molecular weight is 876 g/mol. The molecule has 1 atom stereocenters. The predicted octanol–water partition coefficient (Wildman–Crippen LogP) is 9.35. The standard InChI is InChI=1S/C51H57N5O6.2FH/c1-55(31-9-13-35-10-4-2-5-11-35)40-22-24-41(25-23-40)56(51(61)62)45-32-36(19-26-42(45)38-14-6-3-7-15-38)12-8-16-48(59)53-39-20-17-37(18-21-39)33-52-34-47(58)43-27-29-46(57)50-44(43)28-30-49(60)54-50;;/h2-7,10-11,14-15,17-21,26-30,32,40-41,47,52,57-58H,8-9,12-13,16,22-25,31,33-34H2,1H3,(H,53,59)(H,54,60)(H,61,62);2*1H/t40-,41-,47-;;/m0../s1. The van der Waals surface area contributed by atoms with Crippen LogP contribution in [0.3, 0.4) is 0 Å². The molecule has 1 fully saturated rings. The first-order chi connectivity index (χ1) is 30.1. The summed E-state index contributed by atoms with van der Waals surface area (Å²) in [6, 6.07) is 40.5. The third-order valence-electron chi connectivity index (χ3n) is 12.1. The molecule has 1 aromatic heterocycles. The summed E-state index contributed by atoms with van der Waals surface area (Å²) in [7, 11) is 2.20. The topological polar surface area (TPSA) is 158 Å². The Morgan fingerprint density at radius 3 is 2.12 bits per heavy atom. The van der Waals surface area contributed by atoms with Gasteiger partial charge in [0.15, 0.2) is 0 Å². The molecule has 7 rings (SSSR count). The van der Waals surface area contributed by atoms with Crippen LogP contribution in [0.15, 0.2) is 132 Å². The summed E-state index contributed by atoms with van der Waals surface area (Å²) >= 11 is 0. The number of benzene rings is 5. The third-order valence-corrected chi connectivity index (χ3v) is 12.1. The van der Waals surface area contributed by atoms with Crippen LogP contribution >= 0.6 is 0 Å². The van der Waals surface area contributed by atoms with Crippen molar-refractivity contribution in [2.45, 2.75) is 82.5 Å². The number of hydrogen-bond donors (Lipinski definition) is 6. The van der Waals surface area contributed by atoms with Crippen molar-refractivity contribution in [2.24, 2.45) is 0 Å². The first kappa shape index (κ1) is 48.6. The zero-order chi connectivity index (χ0) is 43.4. The highest BCUT2D eigenvalue weighted by Gasteiger charge is 2.32. The number of phenols is 1. The summed E-state index contributed by atoms with van der Waals surface area (Å²) in [5, 5.41) is 38.6. The number of H-pyrrole nitrogens is 1. The normalized spacial score (nSPS) is 15.2. The minimum absolute atomic E-state index is 0. The predicted molar refractivity (Wildman–Crippen MR) is 252 cm³/mol. The van der Waals surface area contributed by atoms with Gasteiger partial charge >= 0.3 is 6.09 Å². The maximum atomic E-state index is 13.1.